The van der Waals surface area contributed by atoms with Crippen LogP contribution in [0, 0.1) is 11.6 Å². The molecule has 1 fully saturated rings. The van der Waals surface area contributed by atoms with Crippen molar-refractivity contribution >= 4 is 16.0 Å². The van der Waals surface area contributed by atoms with Crippen molar-refractivity contribution < 1.29 is 32.2 Å². The Hall–Kier alpha value is -1.58. The van der Waals surface area contributed by atoms with Crippen LogP contribution in [0.25, 0.3) is 0 Å². The van der Waals surface area contributed by atoms with E-state index in [1.54, 1.807) is 0 Å². The Morgan fingerprint density at radius 3 is 2.60 bits per heavy atom. The molecule has 1 aliphatic rings. The minimum absolute atomic E-state index is 0.300. The zero-order valence-electron chi connectivity index (χ0n) is 10.0. The summed E-state index contributed by atoms with van der Waals surface area (Å²) in [5.41, 5.74) is 0. The number of benzene rings is 1. The van der Waals surface area contributed by atoms with Gasteiger partial charge in [0, 0.05) is 13.0 Å². The maximum atomic E-state index is 13.6. The minimum Gasteiger partial charge on any atom is -0.480 e. The summed E-state index contributed by atoms with van der Waals surface area (Å²) in [5.74, 6) is -3.60. The van der Waals surface area contributed by atoms with E-state index in [1.807, 2.05) is 0 Å². The van der Waals surface area contributed by atoms with E-state index in [9.17, 15) is 27.1 Å². The number of carboxylic acids is 1. The van der Waals surface area contributed by atoms with Gasteiger partial charge in [-0.25, -0.2) is 17.2 Å². The van der Waals surface area contributed by atoms with Crippen LogP contribution in [0.2, 0.25) is 0 Å². The minimum atomic E-state index is -4.54. The van der Waals surface area contributed by atoms with Crippen LogP contribution < -0.4 is 0 Å². The van der Waals surface area contributed by atoms with Gasteiger partial charge in [0.25, 0.3) is 0 Å². The van der Waals surface area contributed by atoms with E-state index in [1.165, 1.54) is 0 Å². The second-order valence-corrected chi connectivity index (χ2v) is 6.25. The number of sulfonamides is 1. The Morgan fingerprint density at radius 1 is 1.35 bits per heavy atom. The fourth-order valence-corrected chi connectivity index (χ4v) is 3.78. The molecule has 0 aliphatic carbocycles. The normalized spacial score (nSPS) is 23.9. The highest BCUT2D eigenvalue weighted by Gasteiger charge is 2.44. The lowest BCUT2D eigenvalue weighted by Gasteiger charge is -2.20. The number of aliphatic carboxylic acids is 1. The van der Waals surface area contributed by atoms with Crippen LogP contribution in [0.4, 0.5) is 8.78 Å². The number of hydrogen-bond donors (Lipinski definition) is 2. The number of rotatable bonds is 3. The van der Waals surface area contributed by atoms with Crippen molar-refractivity contribution in [1.82, 2.24) is 4.31 Å². The molecule has 20 heavy (non-hydrogen) atoms. The molecule has 0 unspecified atom stereocenters. The number of β-amino-alcohol motifs (C(OH)–C–C–N with tert-alkyl or cyclic N) is 1. The summed E-state index contributed by atoms with van der Waals surface area (Å²) in [5, 5.41) is 18.4. The maximum Gasteiger partial charge on any atom is 0.322 e. The average Bonchev–Trinajstić information content (AvgIpc) is 2.75. The predicted molar refractivity (Wildman–Crippen MR) is 62.3 cm³/mol. The van der Waals surface area contributed by atoms with Crippen molar-refractivity contribution in [3.63, 3.8) is 0 Å². The molecule has 0 aromatic heterocycles. The van der Waals surface area contributed by atoms with Gasteiger partial charge in [-0.1, -0.05) is 0 Å². The summed E-state index contributed by atoms with van der Waals surface area (Å²) in [6.07, 6.45) is -1.46. The van der Waals surface area contributed by atoms with E-state index < -0.39 is 51.2 Å². The standard InChI is InChI=1S/C11H11F2NO5S/c12-6-1-2-8(13)10(3-6)20(18,19)14-5-7(15)4-9(14)11(16)17/h1-3,7,9,15H,4-5H2,(H,16,17)/t7-,9-/m0/s1. The molecule has 1 aromatic carbocycles. The summed E-state index contributed by atoms with van der Waals surface area (Å²) in [7, 11) is -4.54. The number of carbonyl (C=O) groups is 1. The highest BCUT2D eigenvalue weighted by atomic mass is 32.2. The number of carboxylic acid groups (broad SMARTS) is 1. The highest BCUT2D eigenvalue weighted by molar-refractivity contribution is 7.89. The first-order chi connectivity index (χ1) is 9.23. The van der Waals surface area contributed by atoms with Gasteiger partial charge < -0.3 is 10.2 Å². The fourth-order valence-electron chi connectivity index (χ4n) is 2.08. The summed E-state index contributed by atoms with van der Waals surface area (Å²) in [4.78, 5) is 10.1. The van der Waals surface area contributed by atoms with Gasteiger partial charge in [0.15, 0.2) is 0 Å². The van der Waals surface area contributed by atoms with E-state index >= 15 is 0 Å². The first kappa shape index (κ1) is 14.8. The third-order valence-corrected chi connectivity index (χ3v) is 4.89. The first-order valence-corrected chi connectivity index (χ1v) is 7.05. The zero-order valence-corrected chi connectivity index (χ0v) is 10.8. The number of hydrogen-bond acceptors (Lipinski definition) is 4. The van der Waals surface area contributed by atoms with Crippen LogP contribution in [-0.2, 0) is 14.8 Å². The van der Waals surface area contributed by atoms with Crippen LogP contribution >= 0.6 is 0 Å². The molecule has 0 radical (unpaired) electrons. The Bertz CT molecular complexity index is 648. The van der Waals surface area contributed by atoms with Gasteiger partial charge >= 0.3 is 5.97 Å². The van der Waals surface area contributed by atoms with Gasteiger partial charge in [-0.05, 0) is 18.2 Å². The van der Waals surface area contributed by atoms with Crippen molar-refractivity contribution in [3.8, 4) is 0 Å². The van der Waals surface area contributed by atoms with E-state index in [4.69, 9.17) is 5.11 Å². The second-order valence-electron chi connectivity index (χ2n) is 4.39. The lowest BCUT2D eigenvalue weighted by atomic mass is 10.2. The Balaban J connectivity index is 2.49. The number of aliphatic hydroxyl groups is 1. The molecular weight excluding hydrogens is 296 g/mol. The molecule has 0 saturated carbocycles. The molecule has 6 nitrogen and oxygen atoms in total. The van der Waals surface area contributed by atoms with E-state index in [0.717, 1.165) is 6.07 Å². The van der Waals surface area contributed by atoms with E-state index in [0.29, 0.717) is 16.4 Å². The summed E-state index contributed by atoms with van der Waals surface area (Å²) < 4.78 is 51.5. The largest absolute Gasteiger partial charge is 0.480 e. The SMILES string of the molecule is O=C(O)[C@@H]1C[C@H](O)CN1S(=O)(=O)c1cc(F)ccc1F. The highest BCUT2D eigenvalue weighted by Crippen LogP contribution is 2.28. The van der Waals surface area contributed by atoms with Crippen LogP contribution in [0.1, 0.15) is 6.42 Å². The van der Waals surface area contributed by atoms with Crippen molar-refractivity contribution in [2.45, 2.75) is 23.5 Å². The van der Waals surface area contributed by atoms with E-state index in [-0.39, 0.29) is 6.42 Å². The Labute approximate surface area is 113 Å². The molecule has 9 heteroatoms. The monoisotopic (exact) mass is 307 g/mol. The second kappa shape index (κ2) is 5.08. The van der Waals surface area contributed by atoms with E-state index in [2.05, 4.69) is 0 Å². The number of nitrogens with zero attached hydrogens (tertiary/aromatic N) is 1. The van der Waals surface area contributed by atoms with Crippen molar-refractivity contribution in [2.75, 3.05) is 6.54 Å². The molecule has 2 rings (SSSR count). The number of halogens is 2. The molecule has 2 atom stereocenters. The van der Waals surface area contributed by atoms with Crippen molar-refractivity contribution in [2.24, 2.45) is 0 Å². The lowest BCUT2D eigenvalue weighted by molar-refractivity contribution is -0.140. The average molecular weight is 307 g/mol. The third-order valence-electron chi connectivity index (χ3n) is 3.00. The lowest BCUT2D eigenvalue weighted by Crippen LogP contribution is -2.40. The van der Waals surface area contributed by atoms with Gasteiger partial charge in [-0.15, -0.1) is 0 Å². The van der Waals surface area contributed by atoms with Gasteiger partial charge in [-0.3, -0.25) is 4.79 Å². The molecule has 1 heterocycles. The summed E-state index contributed by atoms with van der Waals surface area (Å²) >= 11 is 0. The summed E-state index contributed by atoms with van der Waals surface area (Å²) in [6, 6.07) is 0.373. The van der Waals surface area contributed by atoms with Crippen molar-refractivity contribution in [3.05, 3.63) is 29.8 Å². The topological polar surface area (TPSA) is 94.9 Å². The summed E-state index contributed by atoms with van der Waals surface area (Å²) in [6.45, 7) is -0.477. The molecule has 0 amide bonds. The molecule has 2 N–H and O–H groups in total. The Kier molecular flexibility index (Phi) is 3.76. The predicted octanol–water partition coefficient (Wildman–Crippen LogP) is 0.173. The smallest absolute Gasteiger partial charge is 0.322 e. The zero-order chi connectivity index (χ0) is 15.1. The Morgan fingerprint density at radius 2 is 2.00 bits per heavy atom. The molecular formula is C11H11F2NO5S. The maximum absolute atomic E-state index is 13.6. The molecule has 0 bridgehead atoms. The van der Waals surface area contributed by atoms with Gasteiger partial charge in [0.2, 0.25) is 10.0 Å². The fraction of sp³-hybridized carbons (Fsp3) is 0.364. The number of aliphatic hydroxyl groups excluding tert-OH is 1. The molecule has 1 saturated heterocycles. The molecule has 0 spiro atoms. The van der Waals surface area contributed by atoms with Gasteiger partial charge in [0.05, 0.1) is 6.10 Å². The third kappa shape index (κ3) is 2.51. The first-order valence-electron chi connectivity index (χ1n) is 5.61. The van der Waals surface area contributed by atoms with Gasteiger partial charge in [-0.2, -0.15) is 4.31 Å². The van der Waals surface area contributed by atoms with Crippen molar-refractivity contribution in [1.29, 1.82) is 0 Å². The van der Waals surface area contributed by atoms with Crippen LogP contribution in [-0.4, -0.2) is 47.6 Å². The van der Waals surface area contributed by atoms with Crippen LogP contribution in [0.3, 0.4) is 0 Å². The van der Waals surface area contributed by atoms with Gasteiger partial charge in [0.1, 0.15) is 22.6 Å². The molecule has 1 aliphatic heterocycles. The quantitative estimate of drug-likeness (QED) is 0.830. The van der Waals surface area contributed by atoms with Crippen LogP contribution in [0.5, 0.6) is 0 Å². The molecule has 1 aromatic rings. The molecule has 110 valence electrons. The van der Waals surface area contributed by atoms with Crippen LogP contribution in [0.15, 0.2) is 23.1 Å².